The number of nitrogens with one attached hydrogen (secondary N) is 2. The normalized spacial score (nSPS) is 12.0. The Bertz CT molecular complexity index is 1280. The molecule has 1 aromatic carbocycles. The molecule has 0 aliphatic heterocycles. The number of hydrogen-bond acceptors (Lipinski definition) is 5. The number of sulfonamides is 1. The van der Waals surface area contributed by atoms with E-state index < -0.39 is 16.1 Å². The molecule has 3 aromatic rings. The van der Waals surface area contributed by atoms with Crippen LogP contribution >= 0.6 is 0 Å². The van der Waals surface area contributed by atoms with Crippen LogP contribution in [-0.2, 0) is 15.4 Å². The van der Waals surface area contributed by atoms with E-state index in [4.69, 9.17) is 0 Å². The minimum atomic E-state index is -3.98. The molecule has 0 aliphatic rings. The first-order valence-electron chi connectivity index (χ1n) is 10.7. The van der Waals surface area contributed by atoms with Crippen LogP contribution in [0, 0.1) is 6.92 Å². The maximum atomic E-state index is 12.6. The predicted molar refractivity (Wildman–Crippen MR) is 130 cm³/mol. The molecule has 0 radical (unpaired) electrons. The van der Waals surface area contributed by atoms with Crippen LogP contribution in [0.3, 0.4) is 0 Å². The van der Waals surface area contributed by atoms with Gasteiger partial charge in [-0.2, -0.15) is 0 Å². The van der Waals surface area contributed by atoms with Gasteiger partial charge in [0.25, 0.3) is 10.0 Å². The number of carbonyl (C=O) groups excluding carboxylic acids is 1. The molecule has 3 rings (SSSR count). The summed E-state index contributed by atoms with van der Waals surface area (Å²) in [6, 6.07) is 9.89. The molecule has 2 heterocycles. The van der Waals surface area contributed by atoms with Crippen molar-refractivity contribution in [2.75, 3.05) is 0 Å². The zero-order valence-electron chi connectivity index (χ0n) is 19.8. The Morgan fingerprint density at radius 1 is 0.970 bits per heavy atom. The molecule has 0 bridgehead atoms. The lowest BCUT2D eigenvalue weighted by molar-refractivity contribution is 0.243. The second-order valence-corrected chi connectivity index (χ2v) is 11.0. The topological polar surface area (TPSA) is 101 Å². The molecular formula is C25H30N4O3S. The number of benzene rings is 1. The third-order valence-electron chi connectivity index (χ3n) is 5.07. The molecule has 174 valence electrons. The van der Waals surface area contributed by atoms with Crippen LogP contribution < -0.4 is 10.0 Å². The summed E-state index contributed by atoms with van der Waals surface area (Å²) in [5.41, 5.74) is 5.37. The fourth-order valence-electron chi connectivity index (χ4n) is 3.37. The minimum Gasteiger partial charge on any atom is -0.335 e. The van der Waals surface area contributed by atoms with Crippen LogP contribution in [-0.4, -0.2) is 30.5 Å². The van der Waals surface area contributed by atoms with Crippen LogP contribution in [0.25, 0.3) is 22.3 Å². The van der Waals surface area contributed by atoms with Crippen molar-refractivity contribution in [3.05, 3.63) is 66.2 Å². The van der Waals surface area contributed by atoms with Gasteiger partial charge < -0.3 is 5.32 Å². The Morgan fingerprint density at radius 3 is 2.30 bits per heavy atom. The molecule has 0 unspecified atom stereocenters. The maximum Gasteiger partial charge on any atom is 0.328 e. The first kappa shape index (κ1) is 24.4. The van der Waals surface area contributed by atoms with E-state index in [1.54, 1.807) is 44.6 Å². The molecule has 33 heavy (non-hydrogen) atoms. The highest BCUT2D eigenvalue weighted by molar-refractivity contribution is 7.90. The van der Waals surface area contributed by atoms with E-state index >= 15 is 0 Å². The third-order valence-corrected chi connectivity index (χ3v) is 6.39. The summed E-state index contributed by atoms with van der Waals surface area (Å²) in [5, 5.41) is 2.51. The Balaban J connectivity index is 1.92. The number of hydrogen-bond donors (Lipinski definition) is 2. The number of pyridine rings is 2. The average Bonchev–Trinajstić information content (AvgIpc) is 2.72. The van der Waals surface area contributed by atoms with Gasteiger partial charge in [-0.1, -0.05) is 26.8 Å². The van der Waals surface area contributed by atoms with E-state index in [0.29, 0.717) is 0 Å². The number of carbonyl (C=O) groups is 1. The van der Waals surface area contributed by atoms with Gasteiger partial charge in [0, 0.05) is 46.9 Å². The number of rotatable bonds is 5. The van der Waals surface area contributed by atoms with Crippen molar-refractivity contribution in [3.8, 4) is 22.3 Å². The van der Waals surface area contributed by atoms with E-state index in [1.807, 2.05) is 23.8 Å². The summed E-state index contributed by atoms with van der Waals surface area (Å²) in [5.74, 6) is 0. The first-order valence-corrected chi connectivity index (χ1v) is 12.2. The second-order valence-electron chi connectivity index (χ2n) is 9.35. The van der Waals surface area contributed by atoms with E-state index in [9.17, 15) is 13.2 Å². The third kappa shape index (κ3) is 5.96. The Labute approximate surface area is 195 Å². The Kier molecular flexibility index (Phi) is 6.88. The lowest BCUT2D eigenvalue weighted by Gasteiger charge is -2.18. The molecule has 2 N–H and O–H groups in total. The largest absolute Gasteiger partial charge is 0.335 e. The molecule has 0 saturated carbocycles. The molecule has 0 aliphatic carbocycles. The van der Waals surface area contributed by atoms with Crippen LogP contribution in [0.5, 0.6) is 0 Å². The second kappa shape index (κ2) is 9.31. The summed E-state index contributed by atoms with van der Waals surface area (Å²) in [4.78, 5) is 20.8. The summed E-state index contributed by atoms with van der Waals surface area (Å²) >= 11 is 0. The summed E-state index contributed by atoms with van der Waals surface area (Å²) < 4.78 is 27.2. The van der Waals surface area contributed by atoms with E-state index in [-0.39, 0.29) is 16.4 Å². The van der Waals surface area contributed by atoms with Crippen molar-refractivity contribution in [2.45, 2.75) is 57.9 Å². The zero-order valence-corrected chi connectivity index (χ0v) is 20.6. The van der Waals surface area contributed by atoms with Crippen molar-refractivity contribution in [3.63, 3.8) is 0 Å². The SMILES string of the molecule is Cc1cc(S(=O)(=O)NC(=O)NC(C)C)ccc1-c1cncc(-c2ccnc(C(C)(C)C)c2)c1. The van der Waals surface area contributed by atoms with Gasteiger partial charge in [-0.25, -0.2) is 17.9 Å². The number of aryl methyl sites for hydroxylation is 1. The zero-order chi connectivity index (χ0) is 24.4. The monoisotopic (exact) mass is 466 g/mol. The van der Waals surface area contributed by atoms with E-state index in [1.165, 1.54) is 6.07 Å². The lowest BCUT2D eigenvalue weighted by atomic mass is 9.90. The van der Waals surface area contributed by atoms with Gasteiger partial charge in [0.15, 0.2) is 0 Å². The van der Waals surface area contributed by atoms with Crippen LogP contribution in [0.4, 0.5) is 4.79 Å². The van der Waals surface area contributed by atoms with Gasteiger partial charge >= 0.3 is 6.03 Å². The van der Waals surface area contributed by atoms with Gasteiger partial charge in [0.05, 0.1) is 4.90 Å². The molecule has 0 saturated heterocycles. The summed E-state index contributed by atoms with van der Waals surface area (Å²) in [6.07, 6.45) is 5.35. The number of nitrogens with zero attached hydrogens (tertiary/aromatic N) is 2. The highest BCUT2D eigenvalue weighted by Crippen LogP contribution is 2.30. The number of urea groups is 1. The minimum absolute atomic E-state index is 0.0238. The highest BCUT2D eigenvalue weighted by atomic mass is 32.2. The molecule has 0 atom stereocenters. The van der Waals surface area contributed by atoms with Gasteiger partial charge in [0.2, 0.25) is 0 Å². The first-order chi connectivity index (χ1) is 15.4. The standard InChI is InChI=1S/C25H30N4O3S/c1-16(2)28-24(30)29-33(31,32)21-7-8-22(17(3)11-21)20-12-19(14-26-15-20)18-9-10-27-23(13-18)25(4,5)6/h7-16H,1-6H3,(H2,28,29,30). The molecule has 7 nitrogen and oxygen atoms in total. The molecular weight excluding hydrogens is 436 g/mol. The van der Waals surface area contributed by atoms with Crippen molar-refractivity contribution < 1.29 is 13.2 Å². The van der Waals surface area contributed by atoms with Crippen molar-refractivity contribution in [2.24, 2.45) is 0 Å². The lowest BCUT2D eigenvalue weighted by Crippen LogP contribution is -2.42. The van der Waals surface area contributed by atoms with Crippen LogP contribution in [0.1, 0.15) is 45.9 Å². The van der Waals surface area contributed by atoms with Crippen LogP contribution in [0.15, 0.2) is 59.9 Å². The molecule has 0 spiro atoms. The fraction of sp³-hybridized carbons (Fsp3) is 0.320. The van der Waals surface area contributed by atoms with Gasteiger partial charge in [-0.15, -0.1) is 0 Å². The van der Waals surface area contributed by atoms with Gasteiger partial charge in [-0.05, 0) is 67.8 Å². The molecule has 2 aromatic heterocycles. The smallest absolute Gasteiger partial charge is 0.328 e. The van der Waals surface area contributed by atoms with Crippen LogP contribution in [0.2, 0.25) is 0 Å². The number of amides is 2. The van der Waals surface area contributed by atoms with E-state index in [2.05, 4.69) is 42.1 Å². The fourth-order valence-corrected chi connectivity index (χ4v) is 4.37. The Hall–Kier alpha value is -3.26. The highest BCUT2D eigenvalue weighted by Gasteiger charge is 2.20. The molecule has 8 heteroatoms. The van der Waals surface area contributed by atoms with E-state index in [0.717, 1.165) is 33.5 Å². The van der Waals surface area contributed by atoms with Gasteiger partial charge in [0.1, 0.15) is 0 Å². The maximum absolute atomic E-state index is 12.6. The quantitative estimate of drug-likeness (QED) is 0.562. The van der Waals surface area contributed by atoms with Crippen molar-refractivity contribution in [1.29, 1.82) is 0 Å². The van der Waals surface area contributed by atoms with Crippen molar-refractivity contribution in [1.82, 2.24) is 20.0 Å². The van der Waals surface area contributed by atoms with Gasteiger partial charge in [-0.3, -0.25) is 9.97 Å². The Morgan fingerprint density at radius 2 is 1.67 bits per heavy atom. The van der Waals surface area contributed by atoms with Crippen molar-refractivity contribution >= 4 is 16.1 Å². The molecule has 2 amide bonds. The average molecular weight is 467 g/mol. The predicted octanol–water partition coefficient (Wildman–Crippen LogP) is 4.81. The summed E-state index contributed by atoms with van der Waals surface area (Å²) in [6.45, 7) is 11.7. The molecule has 0 fully saturated rings. The summed E-state index contributed by atoms with van der Waals surface area (Å²) in [7, 11) is -3.98. The number of aromatic nitrogens is 2.